The smallest absolute Gasteiger partial charge is 0.364 e. The van der Waals surface area contributed by atoms with Crippen molar-refractivity contribution in [2.45, 2.75) is 223 Å². The summed E-state index contributed by atoms with van der Waals surface area (Å²) in [6.07, 6.45) is -58.1. The number of aliphatic hydroxyl groups excluding tert-OH is 20. The highest BCUT2D eigenvalue weighted by Crippen LogP contribution is 2.41. The number of rotatable bonds is 31. The van der Waals surface area contributed by atoms with Gasteiger partial charge in [-0.1, -0.05) is 0 Å². The molecule has 532 valence electrons. The van der Waals surface area contributed by atoms with Crippen LogP contribution in [0.1, 0.15) is 33.6 Å². The highest BCUT2D eigenvalue weighted by molar-refractivity contribution is 5.79. The molecule has 26 N–H and O–H groups in total. The summed E-state index contributed by atoms with van der Waals surface area (Å²) in [6.45, 7) is -6.77. The SMILES string of the molecule is CC(=O)N[C@H]1[C@H](OC[C@@H](O)[C@H](O)[C@H](O[C@@H]2O[C@H](CO)[C@H](O)[C@H](O[C@]3(C(=O)O)C[C@H](O)[C@@H](NC(=O)CO)[C@H]([C@H](O)[C@H](O)CO)O3)[C@H]2O)[C@H](CO)NC(C)=O)O[C@H](CO)[C@@H](O[C@@H]2O[C@H](CO)[C@H](O)[C@H](O[C@]3(C(=O)O)C[C@H](O)[C@@H](NC(C)=O)[C@H]([C@H](O)[C@H](O)CO)O3)[C@H]2O)[C@@H]1O. The Bertz CT molecular complexity index is 2410. The first-order valence-corrected chi connectivity index (χ1v) is 28.4. The standard InChI is InChI=1S/C50H84N4O38/c1-14(62)51-17(6-55)38(87-45-36(77)42(33(74)23(9-58)84-45)91-50(48(81)82)5-19(66)28(54-26(70)12-61)41(90-50)31(72)21(68)8-57)32(73)22(69)13-83-44-29(53-16(3)64)35(76)39(25(11-60)86-44)88-46-37(78)43(34(75)24(10-59)85-46)92-49(47(79)80)4-18(65)27(52-15(2)63)40(89-49)30(71)20(67)7-56/h17-25,27-46,55-61,65-69,71-78H,4-13H2,1-3H3,(H,51,62)(H,52,63)(H,53,64)(H,54,70)(H,79,80)(H,81,82)/t17-,18-,19-,20+,21+,22+,23+,24+,25+,27+,28+,29+,30+,31+,32-,33-,34-,35+,36+,37+,38+,39+,40+,41+,42-,43-,44+,45-,46-,49-,50-/m0/s1. The second kappa shape index (κ2) is 34.0. The van der Waals surface area contributed by atoms with E-state index in [0.717, 1.165) is 20.8 Å². The summed E-state index contributed by atoms with van der Waals surface area (Å²) in [6, 6.07) is -7.32. The van der Waals surface area contributed by atoms with E-state index in [1.807, 2.05) is 5.32 Å². The molecule has 0 saturated carbocycles. The number of aliphatic hydroxyl groups is 20. The maximum absolute atomic E-state index is 13.1. The third-order valence-electron chi connectivity index (χ3n) is 15.7. The molecule has 0 spiro atoms. The molecular weight excluding hydrogens is 1260 g/mol. The average Bonchev–Trinajstić information content (AvgIpc) is 0.774. The molecule has 0 aromatic rings. The lowest BCUT2D eigenvalue weighted by molar-refractivity contribution is -0.383. The zero-order valence-electron chi connectivity index (χ0n) is 49.2. The zero-order valence-corrected chi connectivity index (χ0v) is 49.2. The van der Waals surface area contributed by atoms with Gasteiger partial charge >= 0.3 is 11.9 Å². The van der Waals surface area contributed by atoms with Gasteiger partial charge in [-0.3, -0.25) is 19.2 Å². The van der Waals surface area contributed by atoms with Crippen molar-refractivity contribution in [1.82, 2.24) is 21.3 Å². The number of carbonyl (C=O) groups is 6. The number of nitrogens with one attached hydrogen (secondary N) is 4. The zero-order chi connectivity index (χ0) is 69.2. The van der Waals surface area contributed by atoms with E-state index in [-0.39, 0.29) is 0 Å². The molecule has 0 bridgehead atoms. The van der Waals surface area contributed by atoms with Gasteiger partial charge in [-0.15, -0.1) is 0 Å². The minimum absolute atomic E-state index is 0.850. The Kier molecular flexibility index (Phi) is 29.0. The highest BCUT2D eigenvalue weighted by atomic mass is 16.8. The molecular formula is C50H84N4O38. The van der Waals surface area contributed by atoms with Crippen LogP contribution in [-0.2, 0) is 76.1 Å². The molecule has 0 aromatic heterocycles. The Morgan fingerprint density at radius 3 is 1.36 bits per heavy atom. The molecule has 42 heteroatoms. The van der Waals surface area contributed by atoms with Crippen molar-refractivity contribution >= 4 is 35.6 Å². The molecule has 5 rings (SSSR count). The predicted molar refractivity (Wildman–Crippen MR) is 284 cm³/mol. The normalized spacial score (nSPS) is 39.5. The number of aliphatic carboxylic acids is 2. The van der Waals surface area contributed by atoms with Crippen molar-refractivity contribution in [3.05, 3.63) is 0 Å². The van der Waals surface area contributed by atoms with Crippen molar-refractivity contribution in [1.29, 1.82) is 0 Å². The van der Waals surface area contributed by atoms with Crippen LogP contribution in [0.15, 0.2) is 0 Å². The lowest BCUT2D eigenvalue weighted by Crippen LogP contribution is -2.71. The van der Waals surface area contributed by atoms with E-state index < -0.39 is 290 Å². The Morgan fingerprint density at radius 2 is 0.946 bits per heavy atom. The first-order valence-electron chi connectivity index (χ1n) is 28.4. The van der Waals surface area contributed by atoms with E-state index in [2.05, 4.69) is 16.0 Å². The van der Waals surface area contributed by atoms with Gasteiger partial charge in [-0.2, -0.15) is 0 Å². The summed E-state index contributed by atoms with van der Waals surface area (Å²) in [4.78, 5) is 75.5. The molecule has 31 atom stereocenters. The molecule has 92 heavy (non-hydrogen) atoms. The van der Waals surface area contributed by atoms with Crippen LogP contribution in [0.25, 0.3) is 0 Å². The van der Waals surface area contributed by atoms with Crippen LogP contribution >= 0.6 is 0 Å². The first-order chi connectivity index (χ1) is 43.1. The Labute approximate surface area is 519 Å². The summed E-state index contributed by atoms with van der Waals surface area (Å²) < 4.78 is 56.7. The van der Waals surface area contributed by atoms with Crippen LogP contribution in [0.2, 0.25) is 0 Å². The Morgan fingerprint density at radius 1 is 0.511 bits per heavy atom. The van der Waals surface area contributed by atoms with Crippen LogP contribution in [-0.4, -0.2) is 390 Å². The van der Waals surface area contributed by atoms with Gasteiger partial charge in [0.25, 0.3) is 11.6 Å². The number of ether oxygens (including phenoxy) is 10. The fraction of sp³-hybridized carbons (Fsp3) is 0.880. The molecule has 0 aliphatic carbocycles. The predicted octanol–water partition coefficient (Wildman–Crippen LogP) is -16.5. The first kappa shape index (κ1) is 78.3. The molecule has 0 unspecified atom stereocenters. The quantitative estimate of drug-likeness (QED) is 0.0306. The average molecular weight is 1350 g/mol. The molecule has 5 aliphatic heterocycles. The summed E-state index contributed by atoms with van der Waals surface area (Å²) in [7, 11) is 0. The monoisotopic (exact) mass is 1350 g/mol. The number of amides is 4. The number of carboxylic acid groups (broad SMARTS) is 2. The minimum Gasteiger partial charge on any atom is -0.477 e. The van der Waals surface area contributed by atoms with Crippen molar-refractivity contribution in [3.8, 4) is 0 Å². The van der Waals surface area contributed by atoms with Gasteiger partial charge < -0.3 is 181 Å². The van der Waals surface area contributed by atoms with Crippen LogP contribution in [0.4, 0.5) is 0 Å². The van der Waals surface area contributed by atoms with Crippen molar-refractivity contribution in [3.63, 3.8) is 0 Å². The fourth-order valence-electron chi connectivity index (χ4n) is 11.0. The van der Waals surface area contributed by atoms with Gasteiger partial charge in [0.05, 0.1) is 76.6 Å². The molecule has 0 radical (unpaired) electrons. The van der Waals surface area contributed by atoms with Crippen molar-refractivity contribution in [2.24, 2.45) is 0 Å². The van der Waals surface area contributed by atoms with E-state index >= 15 is 0 Å². The molecule has 5 aliphatic rings. The van der Waals surface area contributed by atoms with Crippen LogP contribution < -0.4 is 21.3 Å². The van der Waals surface area contributed by atoms with Gasteiger partial charge in [0.15, 0.2) is 18.9 Å². The van der Waals surface area contributed by atoms with Crippen molar-refractivity contribution in [2.75, 3.05) is 52.9 Å². The lowest BCUT2D eigenvalue weighted by Gasteiger charge is -2.51. The molecule has 5 saturated heterocycles. The van der Waals surface area contributed by atoms with Gasteiger partial charge in [0, 0.05) is 33.6 Å². The van der Waals surface area contributed by atoms with Crippen LogP contribution in [0.5, 0.6) is 0 Å². The Balaban J connectivity index is 1.40. The second-order valence-corrected chi connectivity index (χ2v) is 22.4. The summed E-state index contributed by atoms with van der Waals surface area (Å²) >= 11 is 0. The van der Waals surface area contributed by atoms with E-state index in [9.17, 15) is 141 Å². The third-order valence-corrected chi connectivity index (χ3v) is 15.7. The van der Waals surface area contributed by atoms with Gasteiger partial charge in [0.2, 0.25) is 23.6 Å². The van der Waals surface area contributed by atoms with E-state index in [1.165, 1.54) is 0 Å². The minimum atomic E-state index is -3.33. The summed E-state index contributed by atoms with van der Waals surface area (Å²) in [5.41, 5.74) is 0. The molecule has 4 amide bonds. The number of carboxylic acids is 2. The van der Waals surface area contributed by atoms with E-state index in [0.29, 0.717) is 0 Å². The third kappa shape index (κ3) is 18.0. The van der Waals surface area contributed by atoms with Gasteiger partial charge in [-0.05, 0) is 0 Å². The second-order valence-electron chi connectivity index (χ2n) is 22.4. The lowest BCUT2D eigenvalue weighted by atomic mass is 9.88. The Hall–Kier alpha value is -4.38. The molecule has 5 fully saturated rings. The maximum atomic E-state index is 13.1. The largest absolute Gasteiger partial charge is 0.477 e. The van der Waals surface area contributed by atoms with Crippen molar-refractivity contribution < 1.29 is 188 Å². The number of hydrogen-bond acceptors (Lipinski definition) is 36. The number of carbonyl (C=O) groups excluding carboxylic acids is 4. The maximum Gasteiger partial charge on any atom is 0.364 e. The van der Waals surface area contributed by atoms with E-state index in [1.54, 1.807) is 0 Å². The molecule has 0 aromatic carbocycles. The number of hydrogen-bond donors (Lipinski definition) is 26. The van der Waals surface area contributed by atoms with Crippen LogP contribution in [0.3, 0.4) is 0 Å². The molecule has 5 heterocycles. The fourth-order valence-corrected chi connectivity index (χ4v) is 11.0. The summed E-state index contributed by atoms with van der Waals surface area (Å²) in [5.74, 6) is -14.8. The van der Waals surface area contributed by atoms with Gasteiger partial charge in [0.1, 0.15) is 135 Å². The summed E-state index contributed by atoms with van der Waals surface area (Å²) in [5, 5.41) is 246. The van der Waals surface area contributed by atoms with Crippen LogP contribution in [0, 0.1) is 0 Å². The van der Waals surface area contributed by atoms with Gasteiger partial charge in [-0.25, -0.2) is 9.59 Å². The topological polar surface area (TPSA) is 688 Å². The highest BCUT2D eigenvalue weighted by Gasteiger charge is 2.63. The molecule has 42 nitrogen and oxygen atoms in total. The van der Waals surface area contributed by atoms with E-state index in [4.69, 9.17) is 47.4 Å².